The van der Waals surface area contributed by atoms with E-state index >= 15 is 0 Å². The molecule has 142 valence electrons. The lowest BCUT2D eigenvalue weighted by atomic mass is 9.98. The van der Waals surface area contributed by atoms with E-state index < -0.39 is 55.6 Å². The van der Waals surface area contributed by atoms with E-state index in [1.54, 1.807) is 6.92 Å². The van der Waals surface area contributed by atoms with Gasteiger partial charge in [0, 0.05) is 18.2 Å². The van der Waals surface area contributed by atoms with Gasteiger partial charge in [-0.25, -0.2) is 17.8 Å². The van der Waals surface area contributed by atoms with Crippen molar-refractivity contribution in [3.05, 3.63) is 44.1 Å². The molecule has 1 aromatic carbocycles. The highest BCUT2D eigenvalue weighted by atomic mass is 32.2. The number of hydrogen-bond acceptors (Lipinski definition) is 5. The molecule has 0 spiro atoms. The van der Waals surface area contributed by atoms with E-state index in [9.17, 15) is 36.0 Å². The molecule has 26 heavy (non-hydrogen) atoms. The number of sulfone groups is 1. The number of alkyl halides is 3. The van der Waals surface area contributed by atoms with Crippen molar-refractivity contribution in [2.75, 3.05) is 6.26 Å². The number of carbonyl (C=O) groups is 1. The lowest BCUT2D eigenvalue weighted by molar-refractivity contribution is -0.137. The van der Waals surface area contributed by atoms with Gasteiger partial charge < -0.3 is 4.98 Å². The molecule has 0 fully saturated rings. The third kappa shape index (κ3) is 4.03. The molecule has 7 nitrogen and oxygen atoms in total. The zero-order valence-electron chi connectivity index (χ0n) is 13.8. The average Bonchev–Trinajstić information content (AvgIpc) is 2.49. The number of fused-ring (bicyclic) bond motifs is 1. The number of Topliss-reactive ketones (excluding diaryl/α,β-unsaturated/α-hetero) is 1. The van der Waals surface area contributed by atoms with Gasteiger partial charge >= 0.3 is 11.9 Å². The van der Waals surface area contributed by atoms with Crippen LogP contribution < -0.4 is 11.2 Å². The Bertz CT molecular complexity index is 1100. The Labute approximate surface area is 145 Å². The van der Waals surface area contributed by atoms with Crippen molar-refractivity contribution in [3.8, 4) is 0 Å². The third-order valence-electron chi connectivity index (χ3n) is 3.57. The minimum absolute atomic E-state index is 0.157. The lowest BCUT2D eigenvalue weighted by Crippen LogP contribution is -2.37. The summed E-state index contributed by atoms with van der Waals surface area (Å²) < 4.78 is 62.9. The van der Waals surface area contributed by atoms with Gasteiger partial charge in [-0.1, -0.05) is 6.92 Å². The van der Waals surface area contributed by atoms with Gasteiger partial charge in [-0.2, -0.15) is 13.2 Å². The highest BCUT2D eigenvalue weighted by Crippen LogP contribution is 2.34. The molecule has 0 saturated carbocycles. The first kappa shape index (κ1) is 19.9. The summed E-state index contributed by atoms with van der Waals surface area (Å²) in [6.45, 7) is 1.61. The fourth-order valence-electron chi connectivity index (χ4n) is 2.48. The Kier molecular flexibility index (Phi) is 5.13. The Morgan fingerprint density at radius 3 is 2.35 bits per heavy atom. The van der Waals surface area contributed by atoms with Crippen molar-refractivity contribution in [2.24, 2.45) is 0 Å². The number of H-pyrrole nitrogens is 1. The summed E-state index contributed by atoms with van der Waals surface area (Å²) in [5.74, 6) is -1.74. The molecule has 1 N–H and O–H groups in total. The van der Waals surface area contributed by atoms with E-state index in [0.29, 0.717) is 17.1 Å². The SMILES string of the molecule is CCCC(=O)c1cc2c(=O)n(CS(C)(=O)=O)c(=O)[nH]c2cc1C(F)(F)F. The third-order valence-corrected chi connectivity index (χ3v) is 4.29. The summed E-state index contributed by atoms with van der Waals surface area (Å²) in [6.07, 6.45) is -3.93. The predicted molar refractivity (Wildman–Crippen MR) is 87.9 cm³/mol. The Balaban J connectivity index is 2.88. The molecule has 0 radical (unpaired) electrons. The second-order valence-corrected chi connectivity index (χ2v) is 7.94. The molecule has 11 heteroatoms. The van der Waals surface area contributed by atoms with Crippen LogP contribution in [-0.4, -0.2) is 30.0 Å². The first-order valence-corrected chi connectivity index (χ1v) is 9.50. The number of aromatic amines is 1. The number of nitrogens with zero attached hydrogens (tertiary/aromatic N) is 1. The van der Waals surface area contributed by atoms with Gasteiger partial charge in [0.05, 0.1) is 16.5 Å². The zero-order chi connectivity index (χ0) is 19.9. The average molecular weight is 392 g/mol. The van der Waals surface area contributed by atoms with Gasteiger partial charge in [0.25, 0.3) is 5.56 Å². The summed E-state index contributed by atoms with van der Waals surface area (Å²) in [4.78, 5) is 38.5. The van der Waals surface area contributed by atoms with Crippen LogP contribution in [0, 0.1) is 0 Å². The molecule has 2 aromatic rings. The molecular formula is C15H15F3N2O5S. The van der Waals surface area contributed by atoms with E-state index in [1.165, 1.54) is 0 Å². The van der Waals surface area contributed by atoms with E-state index in [0.717, 1.165) is 12.3 Å². The molecule has 1 aromatic heterocycles. The van der Waals surface area contributed by atoms with Crippen molar-refractivity contribution in [1.82, 2.24) is 9.55 Å². The summed E-state index contributed by atoms with van der Waals surface area (Å²) in [6, 6.07) is 1.28. The zero-order valence-corrected chi connectivity index (χ0v) is 14.6. The highest BCUT2D eigenvalue weighted by molar-refractivity contribution is 7.89. The number of ketones is 1. The monoisotopic (exact) mass is 392 g/mol. The van der Waals surface area contributed by atoms with Gasteiger partial charge in [0.15, 0.2) is 15.6 Å². The van der Waals surface area contributed by atoms with Gasteiger partial charge in [-0.15, -0.1) is 0 Å². The molecule has 0 aliphatic carbocycles. The lowest BCUT2D eigenvalue weighted by Gasteiger charge is -2.14. The number of rotatable bonds is 5. The smallest absolute Gasteiger partial charge is 0.307 e. The van der Waals surface area contributed by atoms with E-state index in [4.69, 9.17) is 0 Å². The van der Waals surface area contributed by atoms with E-state index in [1.807, 2.05) is 0 Å². The minimum Gasteiger partial charge on any atom is -0.307 e. The molecule has 0 aliphatic heterocycles. The summed E-state index contributed by atoms with van der Waals surface area (Å²) in [7, 11) is -3.76. The summed E-state index contributed by atoms with van der Waals surface area (Å²) in [5.41, 5.74) is -4.63. The number of hydrogen-bond donors (Lipinski definition) is 1. The topological polar surface area (TPSA) is 106 Å². The van der Waals surface area contributed by atoms with Crippen LogP contribution in [0.5, 0.6) is 0 Å². The number of benzene rings is 1. The molecule has 0 unspecified atom stereocenters. The number of nitrogens with one attached hydrogen (secondary N) is 1. The highest BCUT2D eigenvalue weighted by Gasteiger charge is 2.36. The van der Waals surface area contributed by atoms with Crippen LogP contribution in [0.1, 0.15) is 35.7 Å². The standard InChI is InChI=1S/C15H15F3N2O5S/c1-3-4-12(21)8-5-9-11(6-10(8)15(16,17)18)19-14(23)20(13(9)22)7-26(2,24)25/h5-6H,3-4,7H2,1-2H3,(H,19,23). The predicted octanol–water partition coefficient (Wildman–Crippen LogP) is 1.69. The summed E-state index contributed by atoms with van der Waals surface area (Å²) >= 11 is 0. The largest absolute Gasteiger partial charge is 0.417 e. The van der Waals surface area contributed by atoms with Crippen molar-refractivity contribution in [3.63, 3.8) is 0 Å². The number of carbonyl (C=O) groups excluding carboxylic acids is 1. The first-order valence-electron chi connectivity index (χ1n) is 7.44. The molecule has 0 saturated heterocycles. The minimum atomic E-state index is -4.87. The maximum Gasteiger partial charge on any atom is 0.417 e. The van der Waals surface area contributed by atoms with Crippen LogP contribution >= 0.6 is 0 Å². The van der Waals surface area contributed by atoms with Crippen LogP contribution in [0.25, 0.3) is 10.9 Å². The van der Waals surface area contributed by atoms with Gasteiger partial charge in [-0.05, 0) is 18.6 Å². The summed E-state index contributed by atoms with van der Waals surface area (Å²) in [5, 5.41) is -0.374. The quantitative estimate of drug-likeness (QED) is 0.780. The van der Waals surface area contributed by atoms with Crippen LogP contribution in [0.2, 0.25) is 0 Å². The van der Waals surface area contributed by atoms with Gasteiger partial charge in [0.1, 0.15) is 5.88 Å². The molecule has 0 amide bonds. The van der Waals surface area contributed by atoms with E-state index in [-0.39, 0.29) is 11.8 Å². The van der Waals surface area contributed by atoms with Crippen LogP contribution in [0.15, 0.2) is 21.7 Å². The van der Waals surface area contributed by atoms with Crippen molar-refractivity contribution < 1.29 is 26.4 Å². The van der Waals surface area contributed by atoms with E-state index in [2.05, 4.69) is 4.98 Å². The Hall–Kier alpha value is -2.43. The number of aromatic nitrogens is 2. The molecular weight excluding hydrogens is 377 g/mol. The fraction of sp³-hybridized carbons (Fsp3) is 0.400. The Morgan fingerprint density at radius 1 is 1.23 bits per heavy atom. The number of halogens is 3. The second-order valence-electron chi connectivity index (χ2n) is 5.83. The van der Waals surface area contributed by atoms with Crippen molar-refractivity contribution >= 4 is 26.5 Å². The molecule has 2 rings (SSSR count). The Morgan fingerprint density at radius 2 is 1.85 bits per heavy atom. The van der Waals surface area contributed by atoms with Crippen LogP contribution in [0.3, 0.4) is 0 Å². The second kappa shape index (κ2) is 6.71. The maximum atomic E-state index is 13.3. The van der Waals surface area contributed by atoms with Crippen molar-refractivity contribution in [1.29, 1.82) is 0 Å². The van der Waals surface area contributed by atoms with Crippen LogP contribution in [-0.2, 0) is 21.9 Å². The molecule has 0 atom stereocenters. The maximum absolute atomic E-state index is 13.3. The van der Waals surface area contributed by atoms with Crippen LogP contribution in [0.4, 0.5) is 13.2 Å². The fourth-order valence-corrected chi connectivity index (χ4v) is 3.18. The van der Waals surface area contributed by atoms with Crippen molar-refractivity contribution in [2.45, 2.75) is 31.8 Å². The van der Waals surface area contributed by atoms with Gasteiger partial charge in [-0.3, -0.25) is 9.59 Å². The first-order chi connectivity index (χ1) is 11.8. The van der Waals surface area contributed by atoms with Gasteiger partial charge in [0.2, 0.25) is 0 Å². The molecule has 1 heterocycles. The normalized spacial score (nSPS) is 12.5. The molecule has 0 bridgehead atoms. The molecule has 0 aliphatic rings.